The van der Waals surface area contributed by atoms with Crippen LogP contribution in [0, 0.1) is 0 Å². The predicted octanol–water partition coefficient (Wildman–Crippen LogP) is 7.48. The van der Waals surface area contributed by atoms with Crippen molar-refractivity contribution in [2.75, 3.05) is 0 Å². The van der Waals surface area contributed by atoms with Gasteiger partial charge in [-0.05, 0) is 101 Å². The van der Waals surface area contributed by atoms with Crippen molar-refractivity contribution in [2.24, 2.45) is 0 Å². The summed E-state index contributed by atoms with van der Waals surface area (Å²) in [6, 6.07) is 31.5. The topological polar surface area (TPSA) is 0 Å². The van der Waals surface area contributed by atoms with Gasteiger partial charge in [-0.2, -0.15) is 0 Å². The molecule has 0 saturated heterocycles. The Morgan fingerprint density at radius 1 is 0.269 bits per heavy atom. The van der Waals surface area contributed by atoms with Gasteiger partial charge < -0.3 is 0 Å². The van der Waals surface area contributed by atoms with E-state index in [0.29, 0.717) is 0 Å². The summed E-state index contributed by atoms with van der Waals surface area (Å²) in [4.78, 5) is 0. The molecule has 0 saturated carbocycles. The van der Waals surface area contributed by atoms with Crippen LogP contribution in [0.5, 0.6) is 0 Å². The van der Waals surface area contributed by atoms with E-state index in [-0.39, 0.29) is 0 Å². The second-order valence-corrected chi connectivity index (χ2v) is 7.43. The molecule has 0 aliphatic carbocycles. The first-order valence-electron chi connectivity index (χ1n) is 9.12. The van der Waals surface area contributed by atoms with E-state index in [9.17, 15) is 0 Å². The molecule has 0 bridgehead atoms. The Hall–Kier alpha value is -3.38. The van der Waals surface area contributed by atoms with E-state index >= 15 is 0 Å². The maximum atomic E-state index is 2.39. The lowest BCUT2D eigenvalue weighted by Crippen LogP contribution is -1.90. The molecule has 0 unspecified atom stereocenters. The van der Waals surface area contributed by atoms with Crippen LogP contribution in [0.2, 0.25) is 0 Å². The van der Waals surface area contributed by atoms with Gasteiger partial charge in [0.1, 0.15) is 0 Å². The lowest BCUT2D eigenvalue weighted by atomic mass is 9.85. The minimum absolute atomic E-state index is 1.31. The SMILES string of the molecule is c1ccc2cc3cc4c(cc3cc2c1)c1cc2c3ccccc3c2cc41. The smallest absolute Gasteiger partial charge is 0.00921 e. The van der Waals surface area contributed by atoms with E-state index in [1.165, 1.54) is 64.6 Å². The Morgan fingerprint density at radius 2 is 0.654 bits per heavy atom. The van der Waals surface area contributed by atoms with Crippen molar-refractivity contribution in [2.45, 2.75) is 0 Å². The van der Waals surface area contributed by atoms with Crippen molar-refractivity contribution < 1.29 is 0 Å². The van der Waals surface area contributed by atoms with Crippen molar-refractivity contribution in [3.63, 3.8) is 0 Å². The summed E-state index contributed by atoms with van der Waals surface area (Å²) >= 11 is 0. The standard InChI is InChI=1S/C26H14/c1-2-6-16-10-18-12-22-21(11-17(18)9-15(16)5-1)25-13-23-19-7-3-4-8-20(19)24(23)14-26(22)25/h1-14H. The minimum Gasteiger partial charge on any atom is -0.0616 e. The van der Waals surface area contributed by atoms with Gasteiger partial charge >= 0.3 is 0 Å². The van der Waals surface area contributed by atoms with Gasteiger partial charge in [-0.3, -0.25) is 0 Å². The molecule has 7 aromatic rings. The second kappa shape index (κ2) is 4.23. The fourth-order valence-electron chi connectivity index (χ4n) is 4.76. The maximum Gasteiger partial charge on any atom is -0.00921 e. The highest BCUT2D eigenvalue weighted by molar-refractivity contribution is 6.35. The third kappa shape index (κ3) is 1.43. The van der Waals surface area contributed by atoms with Crippen LogP contribution < -0.4 is 0 Å². The third-order valence-electron chi connectivity index (χ3n) is 6.09. The van der Waals surface area contributed by atoms with Gasteiger partial charge in [-0.25, -0.2) is 0 Å². The highest BCUT2D eigenvalue weighted by atomic mass is 14.2. The van der Waals surface area contributed by atoms with Gasteiger partial charge in [0.2, 0.25) is 0 Å². The van der Waals surface area contributed by atoms with Crippen LogP contribution >= 0.6 is 0 Å². The van der Waals surface area contributed by atoms with Crippen LogP contribution in [0.25, 0.3) is 64.6 Å². The van der Waals surface area contributed by atoms with Crippen LogP contribution in [0.15, 0.2) is 84.9 Å². The summed E-state index contributed by atoms with van der Waals surface area (Å²) in [6.45, 7) is 0. The second-order valence-electron chi connectivity index (χ2n) is 7.43. The molecule has 0 radical (unpaired) electrons. The summed E-state index contributed by atoms with van der Waals surface area (Å²) in [5, 5.41) is 16.5. The zero-order chi connectivity index (χ0) is 16.8. The summed E-state index contributed by atoms with van der Waals surface area (Å²) in [5.74, 6) is 0. The Bertz CT molecular complexity index is 1470. The molecule has 0 heterocycles. The highest BCUT2D eigenvalue weighted by Crippen LogP contribution is 2.44. The summed E-state index contributed by atoms with van der Waals surface area (Å²) in [7, 11) is 0. The molecule has 0 N–H and O–H groups in total. The molecule has 0 heteroatoms. The lowest BCUT2D eigenvalue weighted by molar-refractivity contribution is 1.79. The molecule has 0 fully saturated rings. The molecular weight excluding hydrogens is 312 g/mol. The molecule has 26 heavy (non-hydrogen) atoms. The van der Waals surface area contributed by atoms with E-state index in [4.69, 9.17) is 0 Å². The van der Waals surface area contributed by atoms with Crippen LogP contribution in [-0.2, 0) is 0 Å². The largest absolute Gasteiger partial charge is 0.0616 e. The van der Waals surface area contributed by atoms with E-state index in [0.717, 1.165) is 0 Å². The fourth-order valence-corrected chi connectivity index (χ4v) is 4.76. The molecule has 0 atom stereocenters. The zero-order valence-electron chi connectivity index (χ0n) is 14.1. The van der Waals surface area contributed by atoms with Crippen molar-refractivity contribution in [1.29, 1.82) is 0 Å². The van der Waals surface area contributed by atoms with Crippen LogP contribution in [0.1, 0.15) is 0 Å². The summed E-state index contributed by atoms with van der Waals surface area (Å²) in [5.41, 5.74) is 0. The number of rotatable bonds is 0. The fraction of sp³-hybridized carbons (Fsp3) is 0. The zero-order valence-corrected chi connectivity index (χ0v) is 14.1. The molecule has 0 nitrogen and oxygen atoms in total. The number of fused-ring (bicyclic) bond motifs is 10. The molecule has 0 aromatic heterocycles. The quantitative estimate of drug-likeness (QED) is 0.253. The van der Waals surface area contributed by atoms with Gasteiger partial charge in [0, 0.05) is 0 Å². The summed E-state index contributed by atoms with van der Waals surface area (Å²) < 4.78 is 0. The lowest BCUT2D eigenvalue weighted by Gasteiger charge is -2.18. The summed E-state index contributed by atoms with van der Waals surface area (Å²) in [6.07, 6.45) is 0. The first-order valence-corrected chi connectivity index (χ1v) is 9.12. The minimum atomic E-state index is 1.31. The molecule has 0 aliphatic heterocycles. The van der Waals surface area contributed by atoms with Crippen LogP contribution in [-0.4, -0.2) is 0 Å². The first-order chi connectivity index (χ1) is 12.9. The molecule has 0 spiro atoms. The normalized spacial score (nSPS) is 12.6. The first kappa shape index (κ1) is 12.9. The Kier molecular flexibility index (Phi) is 2.10. The van der Waals surface area contributed by atoms with E-state index in [2.05, 4.69) is 84.9 Å². The van der Waals surface area contributed by atoms with E-state index in [1.807, 2.05) is 0 Å². The average molecular weight is 326 g/mol. The highest BCUT2D eigenvalue weighted by Gasteiger charge is 2.16. The van der Waals surface area contributed by atoms with Gasteiger partial charge in [0.15, 0.2) is 0 Å². The monoisotopic (exact) mass is 326 g/mol. The van der Waals surface area contributed by atoms with Crippen LogP contribution in [0.3, 0.4) is 0 Å². The van der Waals surface area contributed by atoms with E-state index in [1.54, 1.807) is 0 Å². The van der Waals surface area contributed by atoms with Gasteiger partial charge in [0.25, 0.3) is 0 Å². The molecule has 118 valence electrons. The molecule has 0 amide bonds. The van der Waals surface area contributed by atoms with Crippen molar-refractivity contribution in [3.8, 4) is 0 Å². The molecular formula is C26H14. The van der Waals surface area contributed by atoms with Crippen molar-refractivity contribution >= 4 is 64.6 Å². The number of hydrogen-bond donors (Lipinski definition) is 0. The number of benzene rings is 5. The molecule has 0 aliphatic rings. The Labute approximate surface area is 149 Å². The Balaban J connectivity index is 1.61. The van der Waals surface area contributed by atoms with Crippen LogP contribution in [0.4, 0.5) is 0 Å². The maximum absolute atomic E-state index is 2.39. The van der Waals surface area contributed by atoms with Gasteiger partial charge in [-0.15, -0.1) is 0 Å². The van der Waals surface area contributed by atoms with Crippen molar-refractivity contribution in [1.82, 2.24) is 0 Å². The average Bonchev–Trinajstić information content (AvgIpc) is 2.68. The number of hydrogen-bond acceptors (Lipinski definition) is 0. The predicted molar refractivity (Wildman–Crippen MR) is 114 cm³/mol. The third-order valence-corrected chi connectivity index (χ3v) is 6.09. The Morgan fingerprint density at radius 3 is 1.15 bits per heavy atom. The van der Waals surface area contributed by atoms with Crippen molar-refractivity contribution in [3.05, 3.63) is 84.9 Å². The molecule has 7 aromatic carbocycles. The van der Waals surface area contributed by atoms with E-state index < -0.39 is 0 Å². The molecule has 7 rings (SSSR count). The van der Waals surface area contributed by atoms with Gasteiger partial charge in [0.05, 0.1) is 0 Å². The van der Waals surface area contributed by atoms with Gasteiger partial charge in [-0.1, -0.05) is 48.5 Å².